The van der Waals surface area contributed by atoms with Crippen LogP contribution in [0.3, 0.4) is 0 Å². The van der Waals surface area contributed by atoms with Crippen LogP contribution in [0.15, 0.2) is 53.1 Å². The van der Waals surface area contributed by atoms with Crippen LogP contribution in [0.4, 0.5) is 23.2 Å². The van der Waals surface area contributed by atoms with Crippen LogP contribution in [-0.4, -0.2) is 23.4 Å². The Morgan fingerprint density at radius 3 is 2.34 bits per heavy atom. The molecule has 0 aliphatic carbocycles. The summed E-state index contributed by atoms with van der Waals surface area (Å²) >= 11 is 3.03. The fourth-order valence-electron chi connectivity index (χ4n) is 2.83. The first kappa shape index (κ1) is 23.2. The molecule has 2 aromatic carbocycles. The first-order chi connectivity index (χ1) is 15.1. The first-order valence-corrected chi connectivity index (χ1v) is 9.71. The Labute approximate surface area is 187 Å². The van der Waals surface area contributed by atoms with E-state index < -0.39 is 30.1 Å². The molecular formula is C21H14BrF4N3O3. The number of pyridine rings is 1. The number of nitrogens with two attached hydrogens (primary N) is 1. The molecule has 0 saturated heterocycles. The molecule has 32 heavy (non-hydrogen) atoms. The summed E-state index contributed by atoms with van der Waals surface area (Å²) in [5, 5.41) is 2.48. The predicted molar refractivity (Wildman–Crippen MR) is 111 cm³/mol. The Kier molecular flexibility index (Phi) is 7.08. The molecule has 0 bridgehead atoms. The second-order valence-electron chi connectivity index (χ2n) is 6.51. The zero-order valence-electron chi connectivity index (χ0n) is 16.0. The van der Waals surface area contributed by atoms with Gasteiger partial charge >= 0.3 is 6.61 Å². The number of anilines is 1. The van der Waals surface area contributed by atoms with Gasteiger partial charge in [-0.25, -0.2) is 8.78 Å². The molecule has 0 fully saturated rings. The number of benzene rings is 2. The van der Waals surface area contributed by atoms with Gasteiger partial charge in [0.15, 0.2) is 0 Å². The van der Waals surface area contributed by atoms with Crippen molar-refractivity contribution in [3.8, 4) is 17.0 Å². The van der Waals surface area contributed by atoms with E-state index in [0.29, 0.717) is 11.3 Å². The summed E-state index contributed by atoms with van der Waals surface area (Å²) in [6, 6.07) is 8.25. The lowest BCUT2D eigenvalue weighted by atomic mass is 10.1. The number of amides is 2. The average Bonchev–Trinajstić information content (AvgIpc) is 2.69. The third-order valence-electron chi connectivity index (χ3n) is 4.18. The highest BCUT2D eigenvalue weighted by Gasteiger charge is 2.18. The summed E-state index contributed by atoms with van der Waals surface area (Å²) in [6.45, 7) is -3.12. The number of rotatable bonds is 7. The van der Waals surface area contributed by atoms with Gasteiger partial charge in [-0.05, 0) is 51.8 Å². The number of halogens is 5. The van der Waals surface area contributed by atoms with Gasteiger partial charge in [-0.2, -0.15) is 8.78 Å². The van der Waals surface area contributed by atoms with Crippen molar-refractivity contribution in [2.75, 3.05) is 5.32 Å². The Morgan fingerprint density at radius 1 is 1.09 bits per heavy atom. The summed E-state index contributed by atoms with van der Waals surface area (Å²) in [5.74, 6) is -3.31. The molecule has 0 spiro atoms. The van der Waals surface area contributed by atoms with Gasteiger partial charge in [-0.3, -0.25) is 14.6 Å². The van der Waals surface area contributed by atoms with Crippen LogP contribution >= 0.6 is 15.9 Å². The van der Waals surface area contributed by atoms with E-state index in [4.69, 9.17) is 5.73 Å². The Hall–Kier alpha value is -3.47. The molecule has 3 rings (SSSR count). The van der Waals surface area contributed by atoms with Crippen LogP contribution in [0.25, 0.3) is 11.3 Å². The molecule has 3 N–H and O–H groups in total. The number of hydrogen-bond donors (Lipinski definition) is 2. The van der Waals surface area contributed by atoms with Crippen molar-refractivity contribution < 1.29 is 31.9 Å². The molecule has 1 heterocycles. The number of hydrogen-bond acceptors (Lipinski definition) is 4. The minimum atomic E-state index is -3.12. The fraction of sp³-hybridized carbons (Fsp3) is 0.0952. The van der Waals surface area contributed by atoms with E-state index in [9.17, 15) is 27.2 Å². The van der Waals surface area contributed by atoms with Crippen LogP contribution < -0.4 is 15.8 Å². The largest absolute Gasteiger partial charge is 0.434 e. The SMILES string of the molecule is NC(=O)c1cc(OC(F)F)c(Br)cc1NC(=O)Cc1ccc(-c2cc(F)cc(F)c2)nc1. The van der Waals surface area contributed by atoms with Crippen molar-refractivity contribution in [2.24, 2.45) is 5.73 Å². The highest BCUT2D eigenvalue weighted by atomic mass is 79.9. The Bertz CT molecular complexity index is 1150. The second-order valence-corrected chi connectivity index (χ2v) is 7.36. The van der Waals surface area contributed by atoms with E-state index in [1.54, 1.807) is 6.07 Å². The minimum Gasteiger partial charge on any atom is -0.434 e. The minimum absolute atomic E-state index is 0.00388. The summed E-state index contributed by atoms with van der Waals surface area (Å²) in [5.41, 5.74) is 6.06. The highest BCUT2D eigenvalue weighted by Crippen LogP contribution is 2.32. The zero-order chi connectivity index (χ0) is 23.4. The van der Waals surface area contributed by atoms with Gasteiger partial charge in [-0.15, -0.1) is 0 Å². The van der Waals surface area contributed by atoms with Crippen molar-refractivity contribution in [1.29, 1.82) is 0 Å². The van der Waals surface area contributed by atoms with Gasteiger partial charge in [0.05, 0.1) is 27.8 Å². The van der Waals surface area contributed by atoms with Crippen molar-refractivity contribution >= 4 is 33.4 Å². The van der Waals surface area contributed by atoms with Crippen molar-refractivity contribution in [3.63, 3.8) is 0 Å². The summed E-state index contributed by atoms with van der Waals surface area (Å²) in [7, 11) is 0. The van der Waals surface area contributed by atoms with Crippen molar-refractivity contribution in [2.45, 2.75) is 13.0 Å². The molecule has 1 aromatic heterocycles. The highest BCUT2D eigenvalue weighted by molar-refractivity contribution is 9.10. The molecule has 0 aliphatic heterocycles. The third kappa shape index (κ3) is 5.82. The number of alkyl halides is 2. The van der Waals surface area contributed by atoms with E-state index in [0.717, 1.165) is 24.3 Å². The smallest absolute Gasteiger partial charge is 0.387 e. The van der Waals surface area contributed by atoms with Crippen LogP contribution in [0.5, 0.6) is 5.75 Å². The summed E-state index contributed by atoms with van der Waals surface area (Å²) < 4.78 is 56.1. The quantitative estimate of drug-likeness (QED) is 0.450. The van der Waals surface area contributed by atoms with Crippen LogP contribution in [0, 0.1) is 11.6 Å². The lowest BCUT2D eigenvalue weighted by Gasteiger charge is -2.13. The Balaban J connectivity index is 1.75. The monoisotopic (exact) mass is 511 g/mol. The number of aromatic nitrogens is 1. The molecule has 0 aliphatic rings. The molecule has 166 valence electrons. The molecule has 0 saturated carbocycles. The summed E-state index contributed by atoms with van der Waals surface area (Å²) in [4.78, 5) is 28.2. The molecule has 2 amide bonds. The molecule has 6 nitrogen and oxygen atoms in total. The maximum absolute atomic E-state index is 13.4. The van der Waals surface area contributed by atoms with E-state index in [1.807, 2.05) is 0 Å². The van der Waals surface area contributed by atoms with Gasteiger partial charge in [0, 0.05) is 17.8 Å². The van der Waals surface area contributed by atoms with Gasteiger partial charge in [0.2, 0.25) is 5.91 Å². The van der Waals surface area contributed by atoms with Crippen molar-refractivity contribution in [3.05, 3.63) is 75.9 Å². The van der Waals surface area contributed by atoms with E-state index >= 15 is 0 Å². The topological polar surface area (TPSA) is 94.3 Å². The maximum Gasteiger partial charge on any atom is 0.387 e. The fourth-order valence-corrected chi connectivity index (χ4v) is 3.27. The molecule has 11 heteroatoms. The number of ether oxygens (including phenoxy) is 1. The van der Waals surface area contributed by atoms with Crippen molar-refractivity contribution in [1.82, 2.24) is 4.98 Å². The van der Waals surface area contributed by atoms with Gasteiger partial charge in [0.25, 0.3) is 5.91 Å². The lowest BCUT2D eigenvalue weighted by molar-refractivity contribution is -0.115. The third-order valence-corrected chi connectivity index (χ3v) is 4.80. The van der Waals surface area contributed by atoms with E-state index in [-0.39, 0.29) is 33.5 Å². The standard InChI is InChI=1S/C21H14BrF4N3O3/c22-15-8-17(14(20(27)31)7-18(15)32-21(25)26)29-19(30)3-10-1-2-16(28-9-10)11-4-12(23)6-13(24)5-11/h1-2,4-9,21H,3H2,(H2,27,31)(H,29,30). The van der Waals surface area contributed by atoms with Crippen LogP contribution in [0.2, 0.25) is 0 Å². The molecule has 0 radical (unpaired) electrons. The second kappa shape index (κ2) is 9.77. The summed E-state index contributed by atoms with van der Waals surface area (Å²) in [6.07, 6.45) is 1.21. The molecular weight excluding hydrogens is 498 g/mol. The Morgan fingerprint density at radius 2 is 1.78 bits per heavy atom. The molecule has 0 atom stereocenters. The maximum atomic E-state index is 13.4. The van der Waals surface area contributed by atoms with Gasteiger partial charge in [-0.1, -0.05) is 6.07 Å². The number of nitrogens with one attached hydrogen (secondary N) is 1. The van der Waals surface area contributed by atoms with E-state index in [2.05, 4.69) is 31.0 Å². The zero-order valence-corrected chi connectivity index (χ0v) is 17.6. The number of carbonyl (C=O) groups is 2. The number of carbonyl (C=O) groups excluding carboxylic acids is 2. The number of primary amides is 1. The lowest BCUT2D eigenvalue weighted by Crippen LogP contribution is -2.20. The molecule has 0 unspecified atom stereocenters. The van der Waals surface area contributed by atoms with E-state index in [1.165, 1.54) is 18.3 Å². The van der Waals surface area contributed by atoms with Gasteiger partial charge < -0.3 is 15.8 Å². The first-order valence-electron chi connectivity index (χ1n) is 8.92. The van der Waals surface area contributed by atoms with Crippen LogP contribution in [-0.2, 0) is 11.2 Å². The predicted octanol–water partition coefficient (Wildman–Crippen LogP) is 4.67. The van der Waals surface area contributed by atoms with Crippen LogP contribution in [0.1, 0.15) is 15.9 Å². The molecule has 3 aromatic rings. The normalized spacial score (nSPS) is 10.8. The van der Waals surface area contributed by atoms with Gasteiger partial charge in [0.1, 0.15) is 17.4 Å². The number of nitrogens with zero attached hydrogens (tertiary/aromatic N) is 1. The average molecular weight is 512 g/mol.